The molecule has 3 heterocycles. The highest BCUT2D eigenvalue weighted by atomic mass is 32.1. The first-order chi connectivity index (χ1) is 16.5. The number of hydrogen-bond acceptors (Lipinski definition) is 8. The summed E-state index contributed by atoms with van der Waals surface area (Å²) in [7, 11) is 1.62. The van der Waals surface area contributed by atoms with E-state index in [0.717, 1.165) is 22.4 Å². The molecule has 5 aromatic rings. The molecule has 0 aliphatic heterocycles. The first-order valence-electron chi connectivity index (χ1n) is 10.4. The molecule has 0 saturated heterocycles. The molecule has 0 aliphatic rings. The number of ether oxygens (including phenoxy) is 1. The number of furan rings is 1. The minimum Gasteiger partial charge on any atom is -0.497 e. The fourth-order valence-corrected chi connectivity index (χ4v) is 4.08. The molecule has 0 amide bonds. The van der Waals surface area contributed by atoms with Crippen LogP contribution < -0.4 is 10.1 Å². The Morgan fingerprint density at radius 3 is 2.79 bits per heavy atom. The number of para-hydroxylation sites is 1. The number of benzene rings is 2. The van der Waals surface area contributed by atoms with E-state index in [0.29, 0.717) is 28.0 Å². The van der Waals surface area contributed by atoms with Crippen LogP contribution in [-0.2, 0) is 5.60 Å². The lowest BCUT2D eigenvalue weighted by Crippen LogP contribution is -2.17. The molecule has 168 valence electrons. The number of fused-ring (bicyclic) bond motifs is 1. The fourth-order valence-electron chi connectivity index (χ4n) is 3.43. The maximum absolute atomic E-state index is 10.6. The molecule has 0 radical (unpaired) electrons. The molecular formula is C26H20N4O3S. The number of rotatable bonds is 5. The first kappa shape index (κ1) is 21.6. The maximum Gasteiger partial charge on any atom is 0.227 e. The van der Waals surface area contributed by atoms with Crippen molar-refractivity contribution in [3.05, 3.63) is 83.1 Å². The first-order valence-corrected chi connectivity index (χ1v) is 11.3. The molecule has 0 fully saturated rings. The highest BCUT2D eigenvalue weighted by molar-refractivity contribution is 7.09. The van der Waals surface area contributed by atoms with Gasteiger partial charge in [0.2, 0.25) is 5.95 Å². The quantitative estimate of drug-likeness (QED) is 0.336. The van der Waals surface area contributed by atoms with Crippen molar-refractivity contribution >= 4 is 33.9 Å². The largest absolute Gasteiger partial charge is 0.497 e. The number of aliphatic hydroxyl groups is 1. The van der Waals surface area contributed by atoms with Crippen molar-refractivity contribution in [1.82, 2.24) is 15.0 Å². The Balaban J connectivity index is 1.46. The van der Waals surface area contributed by atoms with Crippen molar-refractivity contribution in [3.8, 4) is 28.8 Å². The van der Waals surface area contributed by atoms with Gasteiger partial charge in [0.25, 0.3) is 0 Å². The molecule has 0 bridgehead atoms. The molecule has 2 aromatic carbocycles. The predicted octanol–water partition coefficient (Wildman–Crippen LogP) is 5.36. The fraction of sp³-hybridized carbons (Fsp3) is 0.115. The summed E-state index contributed by atoms with van der Waals surface area (Å²) in [6.07, 6.45) is 3.33. The lowest BCUT2D eigenvalue weighted by Gasteiger charge is -2.11. The van der Waals surface area contributed by atoms with Crippen LogP contribution in [0.2, 0.25) is 0 Å². The van der Waals surface area contributed by atoms with Gasteiger partial charge in [0.15, 0.2) is 11.4 Å². The molecule has 34 heavy (non-hydrogen) atoms. The molecule has 0 aliphatic carbocycles. The molecule has 3 aromatic heterocycles. The topological polar surface area (TPSA) is 93.3 Å². The number of anilines is 2. The summed E-state index contributed by atoms with van der Waals surface area (Å²) in [4.78, 5) is 13.2. The highest BCUT2D eigenvalue weighted by Crippen LogP contribution is 2.31. The molecule has 1 atom stereocenters. The molecule has 2 N–H and O–H groups in total. The summed E-state index contributed by atoms with van der Waals surface area (Å²) in [5, 5.41) is 17.1. The van der Waals surface area contributed by atoms with Gasteiger partial charge in [-0.15, -0.1) is 11.3 Å². The van der Waals surface area contributed by atoms with Crippen LogP contribution in [0.25, 0.3) is 22.2 Å². The van der Waals surface area contributed by atoms with E-state index in [4.69, 9.17) is 9.15 Å². The number of aromatic nitrogens is 3. The van der Waals surface area contributed by atoms with Crippen LogP contribution in [0.1, 0.15) is 17.7 Å². The second-order valence-electron chi connectivity index (χ2n) is 7.62. The number of nitrogens with zero attached hydrogens (tertiary/aromatic N) is 3. The van der Waals surface area contributed by atoms with Gasteiger partial charge in [-0.2, -0.15) is 0 Å². The standard InChI is InChI=1S/C26H20N4O3S/c1-26(31,24-27-13-14-34-24)11-9-20-15-17-5-3-8-21(23(17)33-20)22-10-12-28-25(30-22)29-18-6-4-7-19(16-18)32-2/h3-8,10,12-16,31H,1-2H3,(H,28,29,30). The normalized spacial score (nSPS) is 12.6. The molecular weight excluding hydrogens is 448 g/mol. The van der Waals surface area contributed by atoms with Crippen molar-refractivity contribution in [2.45, 2.75) is 12.5 Å². The smallest absolute Gasteiger partial charge is 0.227 e. The third-order valence-corrected chi connectivity index (χ3v) is 6.06. The Hall–Kier alpha value is -4.19. The lowest BCUT2D eigenvalue weighted by molar-refractivity contribution is 0.121. The minimum atomic E-state index is -1.36. The molecule has 8 heteroatoms. The van der Waals surface area contributed by atoms with Gasteiger partial charge in [0, 0.05) is 46.5 Å². The lowest BCUT2D eigenvalue weighted by atomic mass is 10.1. The van der Waals surface area contributed by atoms with Crippen LogP contribution in [0.3, 0.4) is 0 Å². The van der Waals surface area contributed by atoms with E-state index >= 15 is 0 Å². The van der Waals surface area contributed by atoms with Gasteiger partial charge in [0.1, 0.15) is 16.3 Å². The van der Waals surface area contributed by atoms with Crippen molar-refractivity contribution in [1.29, 1.82) is 0 Å². The summed E-state index contributed by atoms with van der Waals surface area (Å²) in [5.41, 5.74) is 1.63. The van der Waals surface area contributed by atoms with Gasteiger partial charge in [0.05, 0.1) is 12.8 Å². The third-order valence-electron chi connectivity index (χ3n) is 5.08. The van der Waals surface area contributed by atoms with E-state index in [1.807, 2.05) is 54.6 Å². The highest BCUT2D eigenvalue weighted by Gasteiger charge is 2.23. The van der Waals surface area contributed by atoms with Crippen molar-refractivity contribution < 1.29 is 14.3 Å². The van der Waals surface area contributed by atoms with E-state index in [2.05, 4.69) is 32.1 Å². The average Bonchev–Trinajstić information content (AvgIpc) is 3.53. The molecule has 0 saturated carbocycles. The summed E-state index contributed by atoms with van der Waals surface area (Å²) in [5.74, 6) is 7.44. The average molecular weight is 469 g/mol. The van der Waals surface area contributed by atoms with E-state index in [9.17, 15) is 5.11 Å². The summed E-state index contributed by atoms with van der Waals surface area (Å²) in [6, 6.07) is 17.0. The zero-order chi connectivity index (χ0) is 23.5. The van der Waals surface area contributed by atoms with Crippen LogP contribution in [0.15, 0.2) is 76.8 Å². The van der Waals surface area contributed by atoms with Crippen LogP contribution in [0.5, 0.6) is 5.75 Å². The van der Waals surface area contributed by atoms with Crippen LogP contribution in [0.4, 0.5) is 11.6 Å². The zero-order valence-electron chi connectivity index (χ0n) is 18.4. The van der Waals surface area contributed by atoms with Gasteiger partial charge in [-0.1, -0.05) is 24.1 Å². The van der Waals surface area contributed by atoms with Crippen molar-refractivity contribution in [2.24, 2.45) is 0 Å². The van der Waals surface area contributed by atoms with E-state index in [1.54, 1.807) is 31.8 Å². The second kappa shape index (κ2) is 8.98. The van der Waals surface area contributed by atoms with E-state index in [-0.39, 0.29) is 0 Å². The number of nitrogens with one attached hydrogen (secondary N) is 1. The Bertz CT molecular complexity index is 1510. The van der Waals surface area contributed by atoms with Crippen molar-refractivity contribution in [3.63, 3.8) is 0 Å². The Labute approximate surface area is 200 Å². The Morgan fingerprint density at radius 1 is 1.09 bits per heavy atom. The SMILES string of the molecule is COc1cccc(Nc2nccc(-c3cccc4cc(C#CC(C)(O)c5nccs5)oc34)n2)c1. The van der Waals surface area contributed by atoms with E-state index in [1.165, 1.54) is 11.3 Å². The van der Waals surface area contributed by atoms with Crippen LogP contribution in [-0.4, -0.2) is 27.2 Å². The Kier molecular flexibility index (Phi) is 5.72. The summed E-state index contributed by atoms with van der Waals surface area (Å²) in [6.45, 7) is 1.62. The zero-order valence-corrected chi connectivity index (χ0v) is 19.3. The van der Waals surface area contributed by atoms with Gasteiger partial charge in [-0.25, -0.2) is 15.0 Å². The molecule has 1 unspecified atom stereocenters. The number of thiazole rings is 1. The Morgan fingerprint density at radius 2 is 1.97 bits per heavy atom. The monoisotopic (exact) mass is 468 g/mol. The predicted molar refractivity (Wildman–Crippen MR) is 132 cm³/mol. The number of hydrogen-bond donors (Lipinski definition) is 2. The van der Waals surface area contributed by atoms with Gasteiger partial charge < -0.3 is 19.6 Å². The summed E-state index contributed by atoms with van der Waals surface area (Å²) >= 11 is 1.35. The van der Waals surface area contributed by atoms with Crippen LogP contribution in [0, 0.1) is 11.8 Å². The maximum atomic E-state index is 10.6. The van der Waals surface area contributed by atoms with E-state index < -0.39 is 5.60 Å². The van der Waals surface area contributed by atoms with Gasteiger partial charge in [-0.05, 0) is 37.1 Å². The van der Waals surface area contributed by atoms with Crippen molar-refractivity contribution in [2.75, 3.05) is 12.4 Å². The molecule has 7 nitrogen and oxygen atoms in total. The summed E-state index contributed by atoms with van der Waals surface area (Å²) < 4.78 is 11.3. The van der Waals surface area contributed by atoms with Gasteiger partial charge >= 0.3 is 0 Å². The molecule has 0 spiro atoms. The molecule has 5 rings (SSSR count). The van der Waals surface area contributed by atoms with Gasteiger partial charge in [-0.3, -0.25) is 0 Å². The number of methoxy groups -OCH3 is 1. The van der Waals surface area contributed by atoms with Crippen LogP contribution >= 0.6 is 11.3 Å². The third kappa shape index (κ3) is 4.48. The minimum absolute atomic E-state index is 0.447. The second-order valence-corrected chi connectivity index (χ2v) is 8.51.